The van der Waals surface area contributed by atoms with Crippen LogP contribution in [0.25, 0.3) is 0 Å². The Morgan fingerprint density at radius 2 is 1.88 bits per heavy atom. The van der Waals surface area contributed by atoms with Crippen molar-refractivity contribution < 1.29 is 34.4 Å². The Labute approximate surface area is 246 Å². The fourth-order valence-electron chi connectivity index (χ4n) is 8.44. The van der Waals surface area contributed by atoms with Crippen LogP contribution >= 0.6 is 0 Å². The van der Waals surface area contributed by atoms with Crippen LogP contribution in [-0.2, 0) is 32.6 Å². The van der Waals surface area contributed by atoms with Gasteiger partial charge in [0.15, 0.2) is 11.5 Å². The van der Waals surface area contributed by atoms with Gasteiger partial charge in [-0.3, -0.25) is 10.1 Å². The number of amides is 1. The first-order valence-corrected chi connectivity index (χ1v) is 14.9. The molecule has 0 radical (unpaired) electrons. The molecule has 2 aliphatic heterocycles. The van der Waals surface area contributed by atoms with Crippen molar-refractivity contribution in [1.82, 2.24) is 15.5 Å². The van der Waals surface area contributed by atoms with E-state index >= 15 is 0 Å². The zero-order chi connectivity index (χ0) is 30.0. The van der Waals surface area contributed by atoms with E-state index in [1.165, 1.54) is 17.7 Å². The fourth-order valence-corrected chi connectivity index (χ4v) is 8.44. The van der Waals surface area contributed by atoms with Crippen LogP contribution in [0.4, 0.5) is 0 Å². The summed E-state index contributed by atoms with van der Waals surface area (Å²) in [6, 6.07) is 8.15. The minimum Gasteiger partial charge on any atom is -0.508 e. The Morgan fingerprint density at radius 1 is 1.14 bits per heavy atom. The zero-order valence-electron chi connectivity index (χ0n) is 24.6. The van der Waals surface area contributed by atoms with Gasteiger partial charge in [-0.2, -0.15) is 0 Å². The van der Waals surface area contributed by atoms with E-state index in [2.05, 4.69) is 22.6 Å². The van der Waals surface area contributed by atoms with Crippen LogP contribution in [0.2, 0.25) is 0 Å². The average molecular weight is 580 g/mol. The van der Waals surface area contributed by atoms with Gasteiger partial charge in [0.05, 0.1) is 17.1 Å². The molecule has 7 atom stereocenters. The molecular formula is C32H41N3O7. The lowest BCUT2D eigenvalue weighted by Gasteiger charge is -2.65. The highest BCUT2D eigenvalue weighted by Gasteiger charge is 2.73. The predicted molar refractivity (Wildman–Crippen MR) is 155 cm³/mol. The number of piperidine rings is 1. The molecule has 1 spiro atoms. The van der Waals surface area contributed by atoms with Gasteiger partial charge in [-0.15, -0.1) is 0 Å². The average Bonchev–Trinajstić information content (AvgIpc) is 3.32. The van der Waals surface area contributed by atoms with Gasteiger partial charge >= 0.3 is 5.97 Å². The summed E-state index contributed by atoms with van der Waals surface area (Å²) in [4.78, 5) is 28.2. The number of phenols is 2. The van der Waals surface area contributed by atoms with Crippen molar-refractivity contribution in [3.05, 3.63) is 53.1 Å². The number of likely N-dealkylation sites (tertiary alicyclic amines) is 1. The van der Waals surface area contributed by atoms with E-state index in [1.807, 2.05) is 19.9 Å². The van der Waals surface area contributed by atoms with E-state index in [9.17, 15) is 24.9 Å². The van der Waals surface area contributed by atoms with Crippen LogP contribution < -0.4 is 15.4 Å². The van der Waals surface area contributed by atoms with Crippen molar-refractivity contribution in [3.63, 3.8) is 0 Å². The molecule has 6 rings (SSSR count). The number of ether oxygens (including phenoxy) is 2. The molecule has 2 bridgehead atoms. The van der Waals surface area contributed by atoms with Gasteiger partial charge in [-0.1, -0.05) is 32.0 Å². The molecule has 1 saturated carbocycles. The molecule has 2 heterocycles. The van der Waals surface area contributed by atoms with Gasteiger partial charge in [-0.25, -0.2) is 4.79 Å². The van der Waals surface area contributed by atoms with E-state index in [1.54, 1.807) is 25.3 Å². The van der Waals surface area contributed by atoms with E-state index in [0.717, 1.165) is 31.4 Å². The summed E-state index contributed by atoms with van der Waals surface area (Å²) >= 11 is 0. The Morgan fingerprint density at radius 3 is 2.55 bits per heavy atom. The van der Waals surface area contributed by atoms with Gasteiger partial charge < -0.3 is 35.0 Å². The number of nitrogens with zero attached hydrogens (tertiary/aromatic N) is 1. The normalized spacial score (nSPS) is 30.7. The molecule has 4 aliphatic rings. The largest absolute Gasteiger partial charge is 0.508 e. The van der Waals surface area contributed by atoms with Gasteiger partial charge in [-0.05, 0) is 74.5 Å². The van der Waals surface area contributed by atoms with Gasteiger partial charge in [0.1, 0.15) is 17.9 Å². The van der Waals surface area contributed by atoms with Crippen molar-refractivity contribution in [2.75, 3.05) is 20.7 Å². The third-order valence-corrected chi connectivity index (χ3v) is 10.4. The summed E-state index contributed by atoms with van der Waals surface area (Å²) in [6.45, 7) is 4.74. The minimum absolute atomic E-state index is 0.0903. The molecule has 2 fully saturated rings. The van der Waals surface area contributed by atoms with Crippen LogP contribution in [0.15, 0.2) is 36.4 Å². The molecule has 10 heteroatoms. The molecule has 0 aromatic heterocycles. The Kier molecular flexibility index (Phi) is 7.14. The summed E-state index contributed by atoms with van der Waals surface area (Å²) in [7, 11) is 3.94. The summed E-state index contributed by atoms with van der Waals surface area (Å²) in [5.41, 5.74) is 1.93. The summed E-state index contributed by atoms with van der Waals surface area (Å²) in [5, 5.41) is 36.8. The van der Waals surface area contributed by atoms with Crippen LogP contribution in [0.1, 0.15) is 49.8 Å². The Balaban J connectivity index is 1.29. The van der Waals surface area contributed by atoms with Crippen LogP contribution in [0.3, 0.4) is 0 Å². The molecule has 2 aromatic rings. The van der Waals surface area contributed by atoms with Crippen LogP contribution in [0, 0.1) is 5.92 Å². The number of nitrogens with one attached hydrogen (secondary N) is 2. The molecule has 10 nitrogen and oxygen atoms in total. The lowest BCUT2D eigenvalue weighted by atomic mass is 9.48. The third-order valence-electron chi connectivity index (χ3n) is 10.4. The smallest absolute Gasteiger partial charge is 0.326 e. The fraction of sp³-hybridized carbons (Fsp3) is 0.562. The van der Waals surface area contributed by atoms with Crippen molar-refractivity contribution >= 4 is 11.9 Å². The number of rotatable bonds is 9. The molecule has 1 amide bonds. The first-order chi connectivity index (χ1) is 20.0. The van der Waals surface area contributed by atoms with Crippen LogP contribution in [0.5, 0.6) is 17.2 Å². The summed E-state index contributed by atoms with van der Waals surface area (Å²) < 4.78 is 13.2. The number of likely N-dealkylation sites (N-methyl/N-ethyl adjacent to an activating group) is 1. The maximum Gasteiger partial charge on any atom is 0.326 e. The quantitative estimate of drug-likeness (QED) is 0.303. The first kappa shape index (κ1) is 28.8. The number of carbonyl (C=O) groups is 2. The number of hydrogen-bond donors (Lipinski definition) is 5. The molecular weight excluding hydrogens is 538 g/mol. The second-order valence-electron chi connectivity index (χ2n) is 12.8. The topological polar surface area (TPSA) is 141 Å². The van der Waals surface area contributed by atoms with E-state index in [0.29, 0.717) is 17.7 Å². The number of benzene rings is 2. The third kappa shape index (κ3) is 4.18. The Hall–Kier alpha value is -3.34. The molecule has 5 N–H and O–H groups in total. The maximum atomic E-state index is 13.7. The maximum absolute atomic E-state index is 13.7. The van der Waals surface area contributed by atoms with E-state index in [-0.39, 0.29) is 47.9 Å². The van der Waals surface area contributed by atoms with Gasteiger partial charge in [0.25, 0.3) is 0 Å². The lowest BCUT2D eigenvalue weighted by molar-refractivity contribution is -0.204. The molecule has 42 heavy (non-hydrogen) atoms. The van der Waals surface area contributed by atoms with Gasteiger partial charge in [0.2, 0.25) is 5.91 Å². The van der Waals surface area contributed by atoms with E-state index < -0.39 is 29.1 Å². The molecule has 226 valence electrons. The number of aliphatic carboxylic acids is 1. The summed E-state index contributed by atoms with van der Waals surface area (Å²) in [5.74, 6) is -0.909. The number of carboxylic acid groups (broad SMARTS) is 1. The number of aromatic hydroxyl groups is 2. The number of carboxylic acids is 1. The number of phenolic OH excluding ortho intramolecular Hbond substituents is 2. The second kappa shape index (κ2) is 10.4. The Bertz CT molecular complexity index is 1380. The molecule has 1 unspecified atom stereocenters. The van der Waals surface area contributed by atoms with Crippen molar-refractivity contribution in [2.24, 2.45) is 5.92 Å². The van der Waals surface area contributed by atoms with Crippen molar-refractivity contribution in [3.8, 4) is 17.2 Å². The zero-order valence-corrected chi connectivity index (χ0v) is 24.6. The highest BCUT2D eigenvalue weighted by Crippen LogP contribution is 2.66. The highest BCUT2D eigenvalue weighted by molar-refractivity contribution is 5.87. The van der Waals surface area contributed by atoms with Crippen molar-refractivity contribution in [2.45, 2.75) is 87.2 Å². The molecule has 2 aliphatic carbocycles. The standard InChI is InChI=1S/C32H41N3O7/c1-17(2)26(29(38)34-22(30(39)40)15-18-5-8-20(36)9-6-18)33-21-11-12-32(41-4)24-16-19-7-10-23(37)27-25(19)31(32,28(21)42-27)13-14-35(24)3/h5-10,17,21-22,24,26,28,33,36-37H,11-16H2,1-4H3,(H,34,38)(H,39,40)/t21-,22+,24?,26+,28+,31+,32-/m1/s1. The molecule has 1 saturated heterocycles. The monoisotopic (exact) mass is 579 g/mol. The first-order valence-electron chi connectivity index (χ1n) is 14.9. The minimum atomic E-state index is -1.13. The highest BCUT2D eigenvalue weighted by atomic mass is 16.5. The van der Waals surface area contributed by atoms with E-state index in [4.69, 9.17) is 9.47 Å². The summed E-state index contributed by atoms with van der Waals surface area (Å²) in [6.07, 6.45) is 2.79. The van der Waals surface area contributed by atoms with Crippen molar-refractivity contribution in [1.29, 1.82) is 0 Å². The van der Waals surface area contributed by atoms with Crippen LogP contribution in [-0.4, -0.2) is 88.7 Å². The lowest BCUT2D eigenvalue weighted by Crippen LogP contribution is -2.78. The predicted octanol–water partition coefficient (Wildman–Crippen LogP) is 2.33. The SMILES string of the molecule is CO[C@@]12CC[C@@H](N[C@H](C(=O)N[C@@H](Cc3ccc(O)cc3)C(=O)O)C(C)C)[C@@H]3Oc4c(O)ccc5c4[C@@]31CCN(C)C2C5. The molecule has 2 aromatic carbocycles. The number of hydrogen-bond acceptors (Lipinski definition) is 8. The number of methoxy groups -OCH3 is 1. The number of carbonyl (C=O) groups excluding carboxylic acids is 1. The second-order valence-corrected chi connectivity index (χ2v) is 12.8. The van der Waals surface area contributed by atoms with Gasteiger partial charge in [0, 0.05) is 31.2 Å².